The van der Waals surface area contributed by atoms with Crippen LogP contribution in [0.25, 0.3) is 0 Å². The van der Waals surface area contributed by atoms with Crippen LogP contribution < -0.4 is 4.74 Å². The summed E-state index contributed by atoms with van der Waals surface area (Å²) in [5.41, 5.74) is 3.68. The van der Waals surface area contributed by atoms with Crippen molar-refractivity contribution in [3.05, 3.63) is 58.9 Å². The van der Waals surface area contributed by atoms with Gasteiger partial charge in [-0.25, -0.2) is 0 Å². The van der Waals surface area contributed by atoms with Crippen molar-refractivity contribution in [2.24, 2.45) is 0 Å². The summed E-state index contributed by atoms with van der Waals surface area (Å²) in [5, 5.41) is 10.5. The summed E-state index contributed by atoms with van der Waals surface area (Å²) in [6.07, 6.45) is 2.70. The first kappa shape index (κ1) is 12.6. The van der Waals surface area contributed by atoms with E-state index in [1.807, 2.05) is 38.1 Å². The Balaban J connectivity index is 2.48. The predicted molar refractivity (Wildman–Crippen MR) is 70.8 cm³/mol. The minimum absolute atomic E-state index is 0.691. The smallest absolute Gasteiger partial charge is 0.125 e. The third-order valence-electron chi connectivity index (χ3n) is 3.05. The lowest BCUT2D eigenvalue weighted by Gasteiger charge is -2.17. The molecule has 18 heavy (non-hydrogen) atoms. The minimum atomic E-state index is -0.714. The molecule has 0 aliphatic heterocycles. The molecule has 0 saturated heterocycles. The first-order valence-corrected chi connectivity index (χ1v) is 5.86. The van der Waals surface area contributed by atoms with Crippen LogP contribution in [0.15, 0.2) is 36.7 Å². The first-order chi connectivity index (χ1) is 8.63. The zero-order valence-electron chi connectivity index (χ0n) is 10.8. The van der Waals surface area contributed by atoms with E-state index in [1.165, 1.54) is 0 Å². The van der Waals surface area contributed by atoms with Crippen molar-refractivity contribution >= 4 is 0 Å². The summed E-state index contributed by atoms with van der Waals surface area (Å²) in [6, 6.07) is 7.67. The number of pyridine rings is 1. The molecule has 3 nitrogen and oxygen atoms in total. The maximum absolute atomic E-state index is 10.5. The second-order valence-corrected chi connectivity index (χ2v) is 4.38. The summed E-state index contributed by atoms with van der Waals surface area (Å²) in [6.45, 7) is 3.95. The number of ether oxygens (including phenoxy) is 1. The molecule has 0 spiro atoms. The molecule has 0 saturated carbocycles. The summed E-state index contributed by atoms with van der Waals surface area (Å²) >= 11 is 0. The molecular weight excluding hydrogens is 226 g/mol. The lowest BCUT2D eigenvalue weighted by Crippen LogP contribution is -2.05. The van der Waals surface area contributed by atoms with Gasteiger partial charge >= 0.3 is 0 Å². The first-order valence-electron chi connectivity index (χ1n) is 5.86. The summed E-state index contributed by atoms with van der Waals surface area (Å²) in [5.74, 6) is 0.691. The second kappa shape index (κ2) is 5.19. The van der Waals surface area contributed by atoms with Gasteiger partial charge in [-0.2, -0.15) is 0 Å². The standard InChI is InChI=1S/C15H17NO2/c1-10-4-5-14(18-3)12(8-10)15(17)13-9-16-7-6-11(13)2/h4-9,15,17H,1-3H3. The summed E-state index contributed by atoms with van der Waals surface area (Å²) in [7, 11) is 1.61. The van der Waals surface area contributed by atoms with Crippen LogP contribution in [0.5, 0.6) is 5.75 Å². The van der Waals surface area contributed by atoms with Crippen molar-refractivity contribution in [1.29, 1.82) is 0 Å². The van der Waals surface area contributed by atoms with E-state index in [9.17, 15) is 5.11 Å². The van der Waals surface area contributed by atoms with Crippen LogP contribution in [0.2, 0.25) is 0 Å². The SMILES string of the molecule is COc1ccc(C)cc1C(O)c1cnccc1C. The monoisotopic (exact) mass is 243 g/mol. The molecule has 1 atom stereocenters. The third kappa shape index (κ3) is 2.36. The Hall–Kier alpha value is -1.87. The zero-order valence-corrected chi connectivity index (χ0v) is 10.8. The molecule has 0 aliphatic carbocycles. The van der Waals surface area contributed by atoms with E-state index in [4.69, 9.17) is 4.74 Å². The Kier molecular flexibility index (Phi) is 3.63. The predicted octanol–water partition coefficient (Wildman–Crippen LogP) is 2.79. The largest absolute Gasteiger partial charge is 0.496 e. The highest BCUT2D eigenvalue weighted by Gasteiger charge is 2.17. The Morgan fingerprint density at radius 2 is 1.94 bits per heavy atom. The average molecular weight is 243 g/mol. The highest BCUT2D eigenvalue weighted by Crippen LogP contribution is 2.31. The quantitative estimate of drug-likeness (QED) is 0.901. The van der Waals surface area contributed by atoms with Crippen molar-refractivity contribution in [1.82, 2.24) is 4.98 Å². The molecule has 0 radical (unpaired) electrons. The Labute approximate surface area is 107 Å². The minimum Gasteiger partial charge on any atom is -0.496 e. The van der Waals surface area contributed by atoms with E-state index in [-0.39, 0.29) is 0 Å². The number of methoxy groups -OCH3 is 1. The number of benzene rings is 1. The van der Waals surface area contributed by atoms with Crippen LogP contribution in [0, 0.1) is 13.8 Å². The lowest BCUT2D eigenvalue weighted by molar-refractivity contribution is 0.213. The molecule has 0 aliphatic rings. The van der Waals surface area contributed by atoms with Gasteiger partial charge in [0.05, 0.1) is 7.11 Å². The highest BCUT2D eigenvalue weighted by molar-refractivity contribution is 5.43. The molecule has 3 heteroatoms. The molecule has 1 aromatic carbocycles. The molecule has 2 rings (SSSR count). The fourth-order valence-corrected chi connectivity index (χ4v) is 2.00. The molecular formula is C15H17NO2. The van der Waals surface area contributed by atoms with Crippen LogP contribution in [-0.2, 0) is 0 Å². The van der Waals surface area contributed by atoms with E-state index >= 15 is 0 Å². The van der Waals surface area contributed by atoms with Crippen molar-refractivity contribution in [2.75, 3.05) is 7.11 Å². The Morgan fingerprint density at radius 1 is 1.17 bits per heavy atom. The van der Waals surface area contributed by atoms with Crippen molar-refractivity contribution in [2.45, 2.75) is 20.0 Å². The van der Waals surface area contributed by atoms with Crippen molar-refractivity contribution in [3.63, 3.8) is 0 Å². The van der Waals surface area contributed by atoms with E-state index < -0.39 is 6.10 Å². The Bertz CT molecular complexity index is 552. The van der Waals surface area contributed by atoms with Gasteiger partial charge in [0, 0.05) is 23.5 Å². The van der Waals surface area contributed by atoms with Gasteiger partial charge in [-0.3, -0.25) is 4.98 Å². The molecule has 1 heterocycles. The maximum atomic E-state index is 10.5. The number of rotatable bonds is 3. The normalized spacial score (nSPS) is 12.2. The second-order valence-electron chi connectivity index (χ2n) is 4.38. The van der Waals surface area contributed by atoms with Crippen LogP contribution >= 0.6 is 0 Å². The molecule has 1 unspecified atom stereocenters. The van der Waals surface area contributed by atoms with Gasteiger partial charge in [-0.15, -0.1) is 0 Å². The van der Waals surface area contributed by atoms with Crippen LogP contribution in [0.1, 0.15) is 28.4 Å². The van der Waals surface area contributed by atoms with Crippen LogP contribution in [-0.4, -0.2) is 17.2 Å². The number of aliphatic hydroxyl groups is 1. The topological polar surface area (TPSA) is 42.4 Å². The number of aliphatic hydroxyl groups excluding tert-OH is 1. The average Bonchev–Trinajstić information content (AvgIpc) is 2.38. The maximum Gasteiger partial charge on any atom is 0.125 e. The van der Waals surface area contributed by atoms with Gasteiger partial charge in [-0.1, -0.05) is 11.6 Å². The summed E-state index contributed by atoms with van der Waals surface area (Å²) < 4.78 is 5.30. The van der Waals surface area contributed by atoms with Crippen LogP contribution in [0.4, 0.5) is 0 Å². The molecule has 1 aromatic heterocycles. The molecule has 94 valence electrons. The number of hydrogen-bond acceptors (Lipinski definition) is 3. The van der Waals surface area contributed by atoms with Gasteiger partial charge in [0.15, 0.2) is 0 Å². The molecule has 2 aromatic rings. The highest BCUT2D eigenvalue weighted by atomic mass is 16.5. The molecule has 0 fully saturated rings. The van der Waals surface area contributed by atoms with E-state index in [0.29, 0.717) is 5.75 Å². The van der Waals surface area contributed by atoms with Gasteiger partial charge < -0.3 is 9.84 Å². The van der Waals surface area contributed by atoms with E-state index in [1.54, 1.807) is 19.5 Å². The Morgan fingerprint density at radius 3 is 2.61 bits per heavy atom. The number of nitrogens with zero attached hydrogens (tertiary/aromatic N) is 1. The zero-order chi connectivity index (χ0) is 13.1. The molecule has 0 bridgehead atoms. The van der Waals surface area contributed by atoms with Gasteiger partial charge in [0.1, 0.15) is 11.9 Å². The molecule has 1 N–H and O–H groups in total. The fourth-order valence-electron chi connectivity index (χ4n) is 2.00. The van der Waals surface area contributed by atoms with E-state index in [2.05, 4.69) is 4.98 Å². The number of aryl methyl sites for hydroxylation is 2. The van der Waals surface area contributed by atoms with Crippen LogP contribution in [0.3, 0.4) is 0 Å². The van der Waals surface area contributed by atoms with E-state index in [0.717, 1.165) is 22.3 Å². The number of aromatic nitrogens is 1. The molecule has 0 amide bonds. The van der Waals surface area contributed by atoms with Gasteiger partial charge in [-0.05, 0) is 37.6 Å². The summed E-state index contributed by atoms with van der Waals surface area (Å²) in [4.78, 5) is 4.07. The van der Waals surface area contributed by atoms with Gasteiger partial charge in [0.25, 0.3) is 0 Å². The van der Waals surface area contributed by atoms with Gasteiger partial charge in [0.2, 0.25) is 0 Å². The van der Waals surface area contributed by atoms with Crippen molar-refractivity contribution in [3.8, 4) is 5.75 Å². The lowest BCUT2D eigenvalue weighted by atomic mass is 9.97. The van der Waals surface area contributed by atoms with Crippen molar-refractivity contribution < 1.29 is 9.84 Å². The third-order valence-corrected chi connectivity index (χ3v) is 3.05. The fraction of sp³-hybridized carbons (Fsp3) is 0.267. The number of hydrogen-bond donors (Lipinski definition) is 1.